The maximum Gasteiger partial charge on any atom is 0.269 e. The molecule has 0 aliphatic rings. The second kappa shape index (κ2) is 9.81. The van der Waals surface area contributed by atoms with Crippen LogP contribution in [0.4, 0.5) is 5.95 Å². The molecule has 1 amide bonds. The first-order chi connectivity index (χ1) is 12.5. The molecule has 9 heteroatoms. The Morgan fingerprint density at radius 1 is 1.38 bits per heavy atom. The molecule has 2 rings (SSSR count). The van der Waals surface area contributed by atoms with E-state index < -0.39 is 0 Å². The number of nitrogens with zero attached hydrogens (tertiary/aromatic N) is 4. The van der Waals surface area contributed by atoms with Crippen molar-refractivity contribution in [2.75, 3.05) is 5.32 Å². The Balaban J connectivity index is 1.91. The lowest BCUT2D eigenvalue weighted by Crippen LogP contribution is -2.34. The van der Waals surface area contributed by atoms with Crippen LogP contribution in [0.15, 0.2) is 24.3 Å². The van der Waals surface area contributed by atoms with Crippen molar-refractivity contribution in [1.82, 2.24) is 25.5 Å². The minimum Gasteiger partial charge on any atom is -0.491 e. The molecule has 2 N–H and O–H groups in total. The van der Waals surface area contributed by atoms with E-state index in [-0.39, 0.29) is 23.1 Å². The molecule has 1 aromatic carbocycles. The van der Waals surface area contributed by atoms with Gasteiger partial charge < -0.3 is 4.74 Å². The predicted octanol–water partition coefficient (Wildman–Crippen LogP) is 2.78. The van der Waals surface area contributed by atoms with Gasteiger partial charge in [-0.3, -0.25) is 15.4 Å². The number of anilines is 1. The molecule has 1 atom stereocenters. The van der Waals surface area contributed by atoms with E-state index in [4.69, 9.17) is 17.0 Å². The number of hydrogen-bond donors (Lipinski definition) is 2. The Morgan fingerprint density at radius 2 is 2.19 bits per heavy atom. The standard InChI is InChI=1S/C17H24N6O2S/c1-4-6-10-23-21-16(20-22-23)19-17(26)18-15(24)13-8-7-9-14(11-13)25-12(3)5-2/h7-9,11-12H,4-6,10H2,1-3H3,(H2,18,19,21,24,26)/t12-/m0/s1. The molecule has 0 aliphatic carbocycles. The lowest BCUT2D eigenvalue weighted by Gasteiger charge is -2.13. The van der Waals surface area contributed by atoms with E-state index in [0.717, 1.165) is 19.3 Å². The molecule has 0 spiro atoms. The molecule has 0 bridgehead atoms. The van der Waals surface area contributed by atoms with E-state index in [1.165, 1.54) is 4.80 Å². The van der Waals surface area contributed by atoms with Gasteiger partial charge in [0, 0.05) is 5.56 Å². The number of carbonyl (C=O) groups is 1. The first kappa shape index (κ1) is 19.8. The van der Waals surface area contributed by atoms with Gasteiger partial charge in [0.25, 0.3) is 11.9 Å². The smallest absolute Gasteiger partial charge is 0.269 e. The predicted molar refractivity (Wildman–Crippen MR) is 103 cm³/mol. The second-order valence-corrected chi connectivity index (χ2v) is 6.24. The van der Waals surface area contributed by atoms with Crippen LogP contribution in [0.2, 0.25) is 0 Å². The number of benzene rings is 1. The van der Waals surface area contributed by atoms with Gasteiger partial charge in [0.1, 0.15) is 5.75 Å². The zero-order valence-corrected chi connectivity index (χ0v) is 16.0. The number of hydrogen-bond acceptors (Lipinski definition) is 6. The Bertz CT molecular complexity index is 748. The fourth-order valence-corrected chi connectivity index (χ4v) is 2.21. The van der Waals surface area contributed by atoms with E-state index in [2.05, 4.69) is 33.0 Å². The molecule has 1 aromatic heterocycles. The van der Waals surface area contributed by atoms with Crippen molar-refractivity contribution in [3.8, 4) is 5.75 Å². The molecule has 0 saturated carbocycles. The van der Waals surface area contributed by atoms with Crippen molar-refractivity contribution in [3.63, 3.8) is 0 Å². The van der Waals surface area contributed by atoms with Crippen LogP contribution in [0.3, 0.4) is 0 Å². The van der Waals surface area contributed by atoms with Gasteiger partial charge in [0.15, 0.2) is 5.11 Å². The highest BCUT2D eigenvalue weighted by atomic mass is 32.1. The summed E-state index contributed by atoms with van der Waals surface area (Å²) in [6, 6.07) is 6.96. The zero-order chi connectivity index (χ0) is 18.9. The van der Waals surface area contributed by atoms with Crippen LogP contribution < -0.4 is 15.4 Å². The monoisotopic (exact) mass is 376 g/mol. The molecule has 0 fully saturated rings. The van der Waals surface area contributed by atoms with E-state index in [0.29, 0.717) is 17.9 Å². The van der Waals surface area contributed by atoms with Gasteiger partial charge >= 0.3 is 0 Å². The van der Waals surface area contributed by atoms with Gasteiger partial charge in [-0.25, -0.2) is 0 Å². The van der Waals surface area contributed by atoms with E-state index in [9.17, 15) is 4.79 Å². The second-order valence-electron chi connectivity index (χ2n) is 5.84. The number of ether oxygens (including phenoxy) is 1. The third-order valence-electron chi connectivity index (χ3n) is 3.63. The van der Waals surface area contributed by atoms with Gasteiger partial charge in [0.05, 0.1) is 12.6 Å². The number of carbonyl (C=O) groups excluding carboxylic acids is 1. The molecule has 0 unspecified atom stereocenters. The average Bonchev–Trinajstić information content (AvgIpc) is 3.07. The average molecular weight is 376 g/mol. The number of aromatic nitrogens is 4. The number of unbranched alkanes of at least 4 members (excludes halogenated alkanes) is 1. The Morgan fingerprint density at radius 3 is 2.92 bits per heavy atom. The number of aryl methyl sites for hydroxylation is 1. The molecule has 0 saturated heterocycles. The molecule has 26 heavy (non-hydrogen) atoms. The summed E-state index contributed by atoms with van der Waals surface area (Å²) in [5.74, 6) is 0.558. The topological polar surface area (TPSA) is 94.0 Å². The molecule has 140 valence electrons. The van der Waals surface area contributed by atoms with Gasteiger partial charge in [-0.15, -0.1) is 5.10 Å². The van der Waals surface area contributed by atoms with Gasteiger partial charge in [-0.05, 0) is 55.4 Å². The maximum absolute atomic E-state index is 12.3. The third-order valence-corrected chi connectivity index (χ3v) is 3.83. The Kier molecular flexibility index (Phi) is 7.46. The van der Waals surface area contributed by atoms with Gasteiger partial charge in [0.2, 0.25) is 0 Å². The maximum atomic E-state index is 12.3. The van der Waals surface area contributed by atoms with Crippen molar-refractivity contribution in [2.45, 2.75) is 52.7 Å². The fourth-order valence-electron chi connectivity index (χ4n) is 2.02. The number of thiocarbonyl (C=S) groups is 1. The number of nitrogens with one attached hydrogen (secondary N) is 2. The summed E-state index contributed by atoms with van der Waals surface area (Å²) in [6.07, 6.45) is 2.97. The van der Waals surface area contributed by atoms with Crippen molar-refractivity contribution in [1.29, 1.82) is 0 Å². The largest absolute Gasteiger partial charge is 0.491 e. The number of amides is 1. The molecule has 0 radical (unpaired) electrons. The summed E-state index contributed by atoms with van der Waals surface area (Å²) in [5, 5.41) is 17.4. The summed E-state index contributed by atoms with van der Waals surface area (Å²) in [6.45, 7) is 6.79. The van der Waals surface area contributed by atoms with Crippen molar-refractivity contribution < 1.29 is 9.53 Å². The fraction of sp³-hybridized carbons (Fsp3) is 0.471. The summed E-state index contributed by atoms with van der Waals surface area (Å²) in [7, 11) is 0. The van der Waals surface area contributed by atoms with Crippen LogP contribution in [0.5, 0.6) is 5.75 Å². The SMILES string of the molecule is CCCCn1nnc(NC(=S)NC(=O)c2cccc(O[C@@H](C)CC)c2)n1. The van der Waals surface area contributed by atoms with Crippen LogP contribution in [-0.4, -0.2) is 37.3 Å². The first-order valence-electron chi connectivity index (χ1n) is 8.68. The lowest BCUT2D eigenvalue weighted by atomic mass is 10.2. The van der Waals surface area contributed by atoms with E-state index >= 15 is 0 Å². The molecular weight excluding hydrogens is 352 g/mol. The number of rotatable bonds is 8. The minimum absolute atomic E-state index is 0.0810. The summed E-state index contributed by atoms with van der Waals surface area (Å²) in [5.41, 5.74) is 0.453. The van der Waals surface area contributed by atoms with E-state index in [1.54, 1.807) is 18.2 Å². The van der Waals surface area contributed by atoms with Crippen molar-refractivity contribution >= 4 is 29.2 Å². The number of tetrazole rings is 1. The minimum atomic E-state index is -0.338. The van der Waals surface area contributed by atoms with Crippen LogP contribution in [0.25, 0.3) is 0 Å². The summed E-state index contributed by atoms with van der Waals surface area (Å²) >= 11 is 5.14. The Hall–Kier alpha value is -2.55. The first-order valence-corrected chi connectivity index (χ1v) is 9.09. The molecule has 2 aromatic rings. The van der Waals surface area contributed by atoms with Gasteiger partial charge in [-0.1, -0.05) is 31.4 Å². The highest BCUT2D eigenvalue weighted by Crippen LogP contribution is 2.16. The normalized spacial score (nSPS) is 11.7. The van der Waals surface area contributed by atoms with Crippen molar-refractivity contribution in [2.24, 2.45) is 0 Å². The van der Waals surface area contributed by atoms with Crippen LogP contribution in [0.1, 0.15) is 50.4 Å². The van der Waals surface area contributed by atoms with Crippen LogP contribution in [-0.2, 0) is 6.54 Å². The quantitative estimate of drug-likeness (QED) is 0.684. The third kappa shape index (κ3) is 6.07. The molecule has 0 aliphatic heterocycles. The van der Waals surface area contributed by atoms with Crippen LogP contribution >= 0.6 is 12.2 Å². The highest BCUT2D eigenvalue weighted by Gasteiger charge is 2.11. The molecule has 1 heterocycles. The lowest BCUT2D eigenvalue weighted by molar-refractivity contribution is 0.0977. The van der Waals surface area contributed by atoms with Gasteiger partial charge in [-0.2, -0.15) is 4.80 Å². The van der Waals surface area contributed by atoms with Crippen LogP contribution in [0, 0.1) is 0 Å². The highest BCUT2D eigenvalue weighted by molar-refractivity contribution is 7.80. The summed E-state index contributed by atoms with van der Waals surface area (Å²) < 4.78 is 5.73. The van der Waals surface area contributed by atoms with E-state index in [1.807, 2.05) is 19.9 Å². The zero-order valence-electron chi connectivity index (χ0n) is 15.2. The summed E-state index contributed by atoms with van der Waals surface area (Å²) in [4.78, 5) is 13.8. The molecular formula is C17H24N6O2S. The Labute approximate surface area is 158 Å². The van der Waals surface area contributed by atoms with Crippen molar-refractivity contribution in [3.05, 3.63) is 29.8 Å². The molecule has 8 nitrogen and oxygen atoms in total.